The van der Waals surface area contributed by atoms with Crippen LogP contribution in [0.5, 0.6) is 0 Å². The summed E-state index contributed by atoms with van der Waals surface area (Å²) in [6.45, 7) is 2.05. The van der Waals surface area contributed by atoms with Crippen molar-refractivity contribution in [2.45, 2.75) is 49.1 Å². The number of esters is 1. The van der Waals surface area contributed by atoms with Gasteiger partial charge in [-0.25, -0.2) is 9.78 Å². The first-order chi connectivity index (χ1) is 17.5. The lowest BCUT2D eigenvalue weighted by Crippen LogP contribution is -2.24. The van der Waals surface area contributed by atoms with Gasteiger partial charge in [0.2, 0.25) is 5.91 Å². The van der Waals surface area contributed by atoms with E-state index in [1.807, 2.05) is 0 Å². The summed E-state index contributed by atoms with van der Waals surface area (Å²) >= 11 is 10.2. The molecule has 0 radical (unpaired) electrons. The van der Waals surface area contributed by atoms with Gasteiger partial charge in [-0.2, -0.15) is 0 Å². The number of benzene rings is 1. The highest BCUT2D eigenvalue weighted by molar-refractivity contribution is 8.00. The Labute approximate surface area is 226 Å². The number of hydrogen-bond donors (Lipinski definition) is 1. The van der Waals surface area contributed by atoms with Crippen LogP contribution in [0.15, 0.2) is 39.1 Å². The number of carbonyl (C=O) groups excluding carboxylic acids is 2. The smallest absolute Gasteiger partial charge is 0.341 e. The van der Waals surface area contributed by atoms with Crippen molar-refractivity contribution in [3.05, 3.63) is 61.3 Å². The Morgan fingerprint density at radius 1 is 1.19 bits per heavy atom. The van der Waals surface area contributed by atoms with Crippen LogP contribution < -0.4 is 10.9 Å². The third-order valence-electron chi connectivity index (χ3n) is 5.99. The molecule has 1 amide bonds. The summed E-state index contributed by atoms with van der Waals surface area (Å²) < 4.78 is 6.83. The molecule has 7 nitrogen and oxygen atoms in total. The van der Waals surface area contributed by atoms with E-state index in [-0.39, 0.29) is 23.8 Å². The van der Waals surface area contributed by atoms with Gasteiger partial charge in [0.15, 0.2) is 5.16 Å². The molecule has 3 heterocycles. The average Bonchev–Trinajstić information content (AvgIpc) is 3.48. The molecule has 188 valence electrons. The van der Waals surface area contributed by atoms with Crippen LogP contribution in [-0.4, -0.2) is 39.5 Å². The molecule has 0 fully saturated rings. The average molecular weight is 562 g/mol. The third kappa shape index (κ3) is 5.09. The maximum Gasteiger partial charge on any atom is 0.341 e. The van der Waals surface area contributed by atoms with E-state index in [0.29, 0.717) is 31.3 Å². The number of thioether (sulfide) groups is 2. The number of carbonyl (C=O) groups is 2. The molecule has 2 aliphatic rings. The SMILES string of the molecule is CCOC(=O)c1c(NC(=O)CSc2nc3c(c(=O)n2-c2ccc(Cl)cc2)SCC3)sc2c1CCCC2. The molecule has 2 aromatic heterocycles. The van der Waals surface area contributed by atoms with Crippen molar-refractivity contribution in [2.24, 2.45) is 0 Å². The molecule has 3 aromatic rings. The molecular weight excluding hydrogens is 538 g/mol. The highest BCUT2D eigenvalue weighted by atomic mass is 35.5. The number of aryl methyl sites for hydroxylation is 2. The predicted octanol–water partition coefficient (Wildman–Crippen LogP) is 5.38. The van der Waals surface area contributed by atoms with Gasteiger partial charge in [-0.3, -0.25) is 14.2 Å². The summed E-state index contributed by atoms with van der Waals surface area (Å²) in [5.41, 5.74) is 2.77. The molecule has 1 aromatic carbocycles. The quantitative estimate of drug-likeness (QED) is 0.235. The van der Waals surface area contributed by atoms with E-state index in [2.05, 4.69) is 5.32 Å². The molecule has 0 saturated carbocycles. The highest BCUT2D eigenvalue weighted by Gasteiger charge is 2.28. The van der Waals surface area contributed by atoms with Gasteiger partial charge in [0.1, 0.15) is 5.00 Å². The predicted molar refractivity (Wildman–Crippen MR) is 146 cm³/mol. The van der Waals surface area contributed by atoms with Crippen LogP contribution in [0.4, 0.5) is 5.00 Å². The molecule has 5 rings (SSSR count). The van der Waals surface area contributed by atoms with Crippen LogP contribution in [0.1, 0.15) is 46.3 Å². The van der Waals surface area contributed by atoms with Gasteiger partial charge in [0.25, 0.3) is 5.56 Å². The molecular formula is C25H24ClN3O4S3. The highest BCUT2D eigenvalue weighted by Crippen LogP contribution is 2.39. The number of amides is 1. The zero-order chi connectivity index (χ0) is 25.2. The van der Waals surface area contributed by atoms with Crippen molar-refractivity contribution in [2.75, 3.05) is 23.4 Å². The number of nitrogens with one attached hydrogen (secondary N) is 1. The summed E-state index contributed by atoms with van der Waals surface area (Å²) in [5.74, 6) is 0.189. The van der Waals surface area contributed by atoms with Crippen LogP contribution in [0.25, 0.3) is 5.69 Å². The molecule has 1 aliphatic carbocycles. The summed E-state index contributed by atoms with van der Waals surface area (Å²) in [6, 6.07) is 6.98. The van der Waals surface area contributed by atoms with E-state index in [9.17, 15) is 14.4 Å². The second kappa shape index (κ2) is 11.0. The largest absolute Gasteiger partial charge is 0.462 e. The molecule has 1 N–H and O–H groups in total. The molecule has 1 aliphatic heterocycles. The molecule has 0 spiro atoms. The van der Waals surface area contributed by atoms with Crippen molar-refractivity contribution in [3.63, 3.8) is 0 Å². The van der Waals surface area contributed by atoms with Crippen LogP contribution in [-0.2, 0) is 28.8 Å². The molecule has 36 heavy (non-hydrogen) atoms. The fraction of sp³-hybridized carbons (Fsp3) is 0.360. The standard InChI is InChI=1S/C25H24ClN3O4S3/c1-2-33-24(32)20-16-5-3-4-6-18(16)36-22(20)28-19(30)13-35-25-27-17-11-12-34-21(17)23(31)29(25)15-9-7-14(26)8-10-15/h7-10H,2-6,11-13H2,1H3,(H,28,30). The van der Waals surface area contributed by atoms with Gasteiger partial charge in [0.05, 0.1) is 34.2 Å². The van der Waals surface area contributed by atoms with Crippen molar-refractivity contribution >= 4 is 63.3 Å². The Balaban J connectivity index is 1.40. The number of rotatable bonds is 7. The first-order valence-electron chi connectivity index (χ1n) is 11.7. The summed E-state index contributed by atoms with van der Waals surface area (Å²) in [7, 11) is 0. The zero-order valence-electron chi connectivity index (χ0n) is 19.6. The van der Waals surface area contributed by atoms with E-state index < -0.39 is 5.97 Å². The van der Waals surface area contributed by atoms with Crippen LogP contribution >= 0.6 is 46.5 Å². The Kier molecular flexibility index (Phi) is 7.76. The molecule has 0 unspecified atom stereocenters. The lowest BCUT2D eigenvalue weighted by molar-refractivity contribution is -0.113. The third-order valence-corrected chi connectivity index (χ3v) is 9.49. The summed E-state index contributed by atoms with van der Waals surface area (Å²) in [6.07, 6.45) is 4.53. The van der Waals surface area contributed by atoms with Gasteiger partial charge < -0.3 is 10.1 Å². The Morgan fingerprint density at radius 3 is 2.75 bits per heavy atom. The second-order valence-corrected chi connectivity index (χ2v) is 11.9. The van der Waals surface area contributed by atoms with E-state index in [1.54, 1.807) is 35.8 Å². The van der Waals surface area contributed by atoms with Crippen LogP contribution in [0, 0.1) is 0 Å². The topological polar surface area (TPSA) is 90.3 Å². The summed E-state index contributed by atoms with van der Waals surface area (Å²) in [4.78, 5) is 45.6. The maximum absolute atomic E-state index is 13.3. The number of nitrogens with zero attached hydrogens (tertiary/aromatic N) is 2. The minimum Gasteiger partial charge on any atom is -0.462 e. The second-order valence-electron chi connectivity index (χ2n) is 8.36. The van der Waals surface area contributed by atoms with E-state index >= 15 is 0 Å². The minimum absolute atomic E-state index is 0.0385. The molecule has 0 bridgehead atoms. The van der Waals surface area contributed by atoms with E-state index in [1.165, 1.54) is 34.9 Å². The Bertz CT molecular complexity index is 1380. The Hall–Kier alpha value is -2.27. The normalized spacial score (nSPS) is 14.3. The van der Waals surface area contributed by atoms with Gasteiger partial charge in [0, 0.05) is 22.1 Å². The van der Waals surface area contributed by atoms with Crippen molar-refractivity contribution in [1.29, 1.82) is 0 Å². The number of fused-ring (bicyclic) bond motifs is 2. The van der Waals surface area contributed by atoms with Crippen molar-refractivity contribution in [3.8, 4) is 5.69 Å². The lowest BCUT2D eigenvalue weighted by Gasteiger charge is -2.14. The lowest BCUT2D eigenvalue weighted by atomic mass is 9.95. The maximum atomic E-state index is 13.3. The molecule has 0 atom stereocenters. The van der Waals surface area contributed by atoms with Gasteiger partial charge in [-0.1, -0.05) is 23.4 Å². The number of ether oxygens (including phenoxy) is 1. The number of anilines is 1. The van der Waals surface area contributed by atoms with Gasteiger partial charge in [-0.15, -0.1) is 23.1 Å². The number of aromatic nitrogens is 2. The van der Waals surface area contributed by atoms with Crippen LogP contribution in [0.2, 0.25) is 5.02 Å². The number of halogens is 1. The fourth-order valence-electron chi connectivity index (χ4n) is 4.37. The number of thiophene rings is 1. The first-order valence-corrected chi connectivity index (χ1v) is 14.9. The minimum atomic E-state index is -0.394. The van der Waals surface area contributed by atoms with Gasteiger partial charge in [-0.05, 0) is 62.4 Å². The van der Waals surface area contributed by atoms with Gasteiger partial charge >= 0.3 is 5.97 Å². The fourth-order valence-corrected chi connectivity index (χ4v) is 7.65. The number of hydrogen-bond acceptors (Lipinski definition) is 8. The van der Waals surface area contributed by atoms with Crippen molar-refractivity contribution in [1.82, 2.24) is 9.55 Å². The zero-order valence-corrected chi connectivity index (χ0v) is 22.8. The van der Waals surface area contributed by atoms with Crippen molar-refractivity contribution < 1.29 is 14.3 Å². The van der Waals surface area contributed by atoms with Crippen LogP contribution in [0.3, 0.4) is 0 Å². The Morgan fingerprint density at radius 2 is 1.97 bits per heavy atom. The molecule has 11 heteroatoms. The monoisotopic (exact) mass is 561 g/mol. The molecule has 0 saturated heterocycles. The van der Waals surface area contributed by atoms with E-state index in [0.717, 1.165) is 54.0 Å². The van der Waals surface area contributed by atoms with E-state index in [4.69, 9.17) is 21.3 Å². The first kappa shape index (κ1) is 25.4. The summed E-state index contributed by atoms with van der Waals surface area (Å²) in [5, 5.41) is 4.50.